The summed E-state index contributed by atoms with van der Waals surface area (Å²) in [6.45, 7) is 5.13. The molecule has 1 heterocycles. The molecule has 2 N–H and O–H groups in total. The van der Waals surface area contributed by atoms with Crippen molar-refractivity contribution in [3.63, 3.8) is 0 Å². The Morgan fingerprint density at radius 2 is 1.94 bits per heavy atom. The fourth-order valence-corrected chi connectivity index (χ4v) is 2.96. The second kappa shape index (κ2) is 4.84. The minimum atomic E-state index is -0.161. The molecule has 17 heavy (non-hydrogen) atoms. The lowest BCUT2D eigenvalue weighted by Gasteiger charge is -2.34. The number of carbonyl (C=O) groups is 1. The van der Waals surface area contributed by atoms with Gasteiger partial charge in [-0.1, -0.05) is 0 Å². The lowest BCUT2D eigenvalue weighted by atomic mass is 9.93. The van der Waals surface area contributed by atoms with Crippen LogP contribution in [0.5, 0.6) is 0 Å². The molecule has 2 amide bonds. The van der Waals surface area contributed by atoms with Crippen molar-refractivity contribution in [2.24, 2.45) is 0 Å². The van der Waals surface area contributed by atoms with Crippen LogP contribution >= 0.6 is 0 Å². The first-order valence-electron chi connectivity index (χ1n) is 6.75. The maximum absolute atomic E-state index is 12.2. The highest BCUT2D eigenvalue weighted by atomic mass is 16.3. The van der Waals surface area contributed by atoms with Crippen LogP contribution in [0.15, 0.2) is 0 Å². The van der Waals surface area contributed by atoms with Gasteiger partial charge in [-0.3, -0.25) is 0 Å². The molecule has 4 heteroatoms. The zero-order valence-electron chi connectivity index (χ0n) is 10.9. The zero-order valence-corrected chi connectivity index (χ0v) is 10.9. The number of likely N-dealkylation sites (tertiary alicyclic amines) is 1. The maximum Gasteiger partial charge on any atom is 0.318 e. The molecular formula is C13H24N2O2. The van der Waals surface area contributed by atoms with Crippen molar-refractivity contribution in [1.29, 1.82) is 0 Å². The number of urea groups is 1. The van der Waals surface area contributed by atoms with E-state index in [4.69, 9.17) is 0 Å². The molecule has 2 aliphatic rings. The standard InChI is InChI=1S/C13H24N2O2/c1-13(2)8-3-9-15(13)12(17)14-10-4-6-11(16)7-5-10/h10-11,16H,3-9H2,1-2H3,(H,14,17). The molecule has 0 aromatic heterocycles. The molecule has 0 unspecified atom stereocenters. The summed E-state index contributed by atoms with van der Waals surface area (Å²) >= 11 is 0. The van der Waals surface area contributed by atoms with Crippen molar-refractivity contribution in [3.8, 4) is 0 Å². The van der Waals surface area contributed by atoms with E-state index >= 15 is 0 Å². The van der Waals surface area contributed by atoms with E-state index in [9.17, 15) is 9.90 Å². The molecular weight excluding hydrogens is 216 g/mol. The number of amides is 2. The largest absolute Gasteiger partial charge is 0.393 e. The maximum atomic E-state index is 12.2. The SMILES string of the molecule is CC1(C)CCCN1C(=O)NC1CCC(O)CC1. The van der Waals surface area contributed by atoms with Crippen LogP contribution in [-0.4, -0.2) is 40.3 Å². The Bertz CT molecular complexity index is 283. The molecule has 0 aromatic carbocycles. The summed E-state index contributed by atoms with van der Waals surface area (Å²) in [5, 5.41) is 12.5. The summed E-state index contributed by atoms with van der Waals surface area (Å²) in [5.41, 5.74) is -0.00172. The number of rotatable bonds is 1. The summed E-state index contributed by atoms with van der Waals surface area (Å²) in [6.07, 6.45) is 5.46. The van der Waals surface area contributed by atoms with Crippen molar-refractivity contribution in [2.45, 2.75) is 70.1 Å². The summed E-state index contributed by atoms with van der Waals surface area (Å²) in [4.78, 5) is 14.1. The Morgan fingerprint density at radius 1 is 1.29 bits per heavy atom. The molecule has 0 aromatic rings. The smallest absolute Gasteiger partial charge is 0.318 e. The van der Waals surface area contributed by atoms with E-state index in [-0.39, 0.29) is 23.7 Å². The molecule has 0 atom stereocenters. The first kappa shape index (κ1) is 12.7. The van der Waals surface area contributed by atoms with Gasteiger partial charge in [0, 0.05) is 18.1 Å². The molecule has 0 radical (unpaired) electrons. The predicted octanol–water partition coefficient (Wildman–Crippen LogP) is 1.87. The first-order valence-corrected chi connectivity index (χ1v) is 6.75. The average Bonchev–Trinajstić information content (AvgIpc) is 2.61. The van der Waals surface area contributed by atoms with Crippen molar-refractivity contribution in [2.75, 3.05) is 6.54 Å². The average molecular weight is 240 g/mol. The third-order valence-electron chi connectivity index (χ3n) is 4.17. The van der Waals surface area contributed by atoms with E-state index < -0.39 is 0 Å². The number of nitrogens with one attached hydrogen (secondary N) is 1. The molecule has 1 saturated carbocycles. The first-order chi connectivity index (χ1) is 7.99. The highest BCUT2D eigenvalue weighted by Gasteiger charge is 2.36. The van der Waals surface area contributed by atoms with Gasteiger partial charge in [-0.05, 0) is 52.4 Å². The number of nitrogens with zero attached hydrogens (tertiary/aromatic N) is 1. The van der Waals surface area contributed by atoms with Crippen LogP contribution in [0.25, 0.3) is 0 Å². The van der Waals surface area contributed by atoms with Crippen LogP contribution < -0.4 is 5.32 Å². The molecule has 0 spiro atoms. The van der Waals surface area contributed by atoms with Gasteiger partial charge in [0.1, 0.15) is 0 Å². The molecule has 2 fully saturated rings. The Hall–Kier alpha value is -0.770. The number of hydrogen-bond acceptors (Lipinski definition) is 2. The van der Waals surface area contributed by atoms with Crippen molar-refractivity contribution in [1.82, 2.24) is 10.2 Å². The minimum Gasteiger partial charge on any atom is -0.393 e. The van der Waals surface area contributed by atoms with E-state index in [0.717, 1.165) is 45.1 Å². The van der Waals surface area contributed by atoms with Gasteiger partial charge in [0.2, 0.25) is 0 Å². The van der Waals surface area contributed by atoms with E-state index in [2.05, 4.69) is 19.2 Å². The fraction of sp³-hybridized carbons (Fsp3) is 0.923. The minimum absolute atomic E-state index is 0.00172. The fourth-order valence-electron chi connectivity index (χ4n) is 2.96. The van der Waals surface area contributed by atoms with Crippen LogP contribution in [-0.2, 0) is 0 Å². The van der Waals surface area contributed by atoms with E-state index in [0.29, 0.717) is 0 Å². The predicted molar refractivity (Wildman–Crippen MR) is 66.8 cm³/mol. The van der Waals surface area contributed by atoms with E-state index in [1.165, 1.54) is 0 Å². The molecule has 1 aliphatic carbocycles. The van der Waals surface area contributed by atoms with Crippen LogP contribution in [0, 0.1) is 0 Å². The van der Waals surface area contributed by atoms with Gasteiger partial charge >= 0.3 is 6.03 Å². The van der Waals surface area contributed by atoms with E-state index in [1.54, 1.807) is 0 Å². The van der Waals surface area contributed by atoms with Crippen molar-refractivity contribution in [3.05, 3.63) is 0 Å². The van der Waals surface area contributed by atoms with Gasteiger partial charge in [0.15, 0.2) is 0 Å². The lowest BCUT2D eigenvalue weighted by molar-refractivity contribution is 0.112. The topological polar surface area (TPSA) is 52.6 Å². The van der Waals surface area contributed by atoms with Gasteiger partial charge in [-0.2, -0.15) is 0 Å². The molecule has 98 valence electrons. The van der Waals surface area contributed by atoms with Crippen LogP contribution in [0.2, 0.25) is 0 Å². The van der Waals surface area contributed by atoms with Gasteiger partial charge < -0.3 is 15.3 Å². The highest BCUT2D eigenvalue weighted by Crippen LogP contribution is 2.28. The molecule has 1 aliphatic heterocycles. The monoisotopic (exact) mass is 240 g/mol. The Kier molecular flexibility index (Phi) is 3.61. The van der Waals surface area contributed by atoms with Gasteiger partial charge in [-0.25, -0.2) is 4.79 Å². The quantitative estimate of drug-likeness (QED) is 0.735. The second-order valence-electron chi connectivity index (χ2n) is 6.02. The van der Waals surface area contributed by atoms with Gasteiger partial charge in [0.05, 0.1) is 6.10 Å². The Labute approximate surface area is 103 Å². The van der Waals surface area contributed by atoms with Crippen LogP contribution in [0.1, 0.15) is 52.4 Å². The number of aliphatic hydroxyl groups is 1. The van der Waals surface area contributed by atoms with Crippen molar-refractivity contribution < 1.29 is 9.90 Å². The van der Waals surface area contributed by atoms with Gasteiger partial charge in [-0.15, -0.1) is 0 Å². The molecule has 1 saturated heterocycles. The summed E-state index contributed by atoms with van der Waals surface area (Å²) < 4.78 is 0. The number of aliphatic hydroxyl groups excluding tert-OH is 1. The molecule has 0 bridgehead atoms. The number of hydrogen-bond donors (Lipinski definition) is 2. The Balaban J connectivity index is 1.85. The lowest BCUT2D eigenvalue weighted by Crippen LogP contribution is -2.51. The summed E-state index contributed by atoms with van der Waals surface area (Å²) in [6, 6.07) is 0.330. The summed E-state index contributed by atoms with van der Waals surface area (Å²) in [7, 11) is 0. The van der Waals surface area contributed by atoms with Crippen molar-refractivity contribution >= 4 is 6.03 Å². The molecule has 2 rings (SSSR count). The molecule has 4 nitrogen and oxygen atoms in total. The summed E-state index contributed by atoms with van der Waals surface area (Å²) in [5.74, 6) is 0. The van der Waals surface area contributed by atoms with Crippen LogP contribution in [0.3, 0.4) is 0 Å². The normalized spacial score (nSPS) is 32.5. The van der Waals surface area contributed by atoms with Crippen LogP contribution in [0.4, 0.5) is 4.79 Å². The Morgan fingerprint density at radius 3 is 2.47 bits per heavy atom. The number of carbonyl (C=O) groups excluding carboxylic acids is 1. The third-order valence-corrected chi connectivity index (χ3v) is 4.17. The second-order valence-corrected chi connectivity index (χ2v) is 6.02. The zero-order chi connectivity index (χ0) is 12.5. The van der Waals surface area contributed by atoms with Gasteiger partial charge in [0.25, 0.3) is 0 Å². The highest BCUT2D eigenvalue weighted by molar-refractivity contribution is 5.75. The third kappa shape index (κ3) is 2.92. The van der Waals surface area contributed by atoms with E-state index in [1.807, 2.05) is 4.90 Å².